The van der Waals surface area contributed by atoms with E-state index in [1.165, 1.54) is 173 Å². The van der Waals surface area contributed by atoms with Gasteiger partial charge in [-0.15, -0.1) is 0 Å². The van der Waals surface area contributed by atoms with Crippen molar-refractivity contribution in [2.75, 3.05) is 19.8 Å². The number of carbonyl (C=O) groups excluding carboxylic acids is 2. The molecular weight excluding hydrogens is 769 g/mol. The molecule has 0 bridgehead atoms. The molecule has 0 aromatic heterocycles. The summed E-state index contributed by atoms with van der Waals surface area (Å²) in [6.07, 6.45) is 43.0. The Hall–Kier alpha value is -1.52. The van der Waals surface area contributed by atoms with Crippen LogP contribution in [-0.4, -0.2) is 59.9 Å². The van der Waals surface area contributed by atoms with Gasteiger partial charge in [-0.3, -0.25) is 23.4 Å². The maximum atomic E-state index is 12.7. The summed E-state index contributed by atoms with van der Waals surface area (Å²) in [5, 5.41) is 8.91. The summed E-state index contributed by atoms with van der Waals surface area (Å²) in [7, 11) is -4.71. The minimum absolute atomic E-state index is 0.170. The van der Waals surface area contributed by atoms with Crippen LogP contribution < -0.4 is 5.73 Å². The standard InChI is InChI=1S/C47H92NO10P/c1-3-5-7-9-11-13-15-17-19-21-23-24-26-28-30-32-34-36-38-45(49)55-40-43(41-56-59(53,54)57-42-44(48)47(51)52)58-46(50)39-37-35-33-31-29-27-25-22-20-18-16-14-12-10-8-6-4-2/h43-44H,3-42,48H2,1-2H3,(H,51,52)(H,53,54)/t43-,44+/m1/s1. The molecule has 0 spiro atoms. The molecule has 0 heterocycles. The van der Waals surface area contributed by atoms with E-state index in [-0.39, 0.29) is 19.4 Å². The van der Waals surface area contributed by atoms with Gasteiger partial charge in [0.2, 0.25) is 0 Å². The summed E-state index contributed by atoms with van der Waals surface area (Å²) >= 11 is 0. The largest absolute Gasteiger partial charge is 0.480 e. The molecule has 0 rings (SSSR count). The Balaban J connectivity index is 4.23. The fourth-order valence-corrected chi connectivity index (χ4v) is 8.02. The number of phosphoric acid groups is 1. The summed E-state index contributed by atoms with van der Waals surface area (Å²) in [5.74, 6) is -2.35. The Morgan fingerprint density at radius 1 is 0.458 bits per heavy atom. The number of aliphatic carboxylic acids is 1. The van der Waals surface area contributed by atoms with Crippen LogP contribution in [0.3, 0.4) is 0 Å². The van der Waals surface area contributed by atoms with Gasteiger partial charge in [-0.2, -0.15) is 0 Å². The number of carboxylic acid groups (broad SMARTS) is 1. The van der Waals surface area contributed by atoms with E-state index in [0.717, 1.165) is 38.5 Å². The monoisotopic (exact) mass is 862 g/mol. The van der Waals surface area contributed by atoms with Crippen LogP contribution in [0.15, 0.2) is 0 Å². The third kappa shape index (κ3) is 42.9. The Morgan fingerprint density at radius 3 is 1.07 bits per heavy atom. The molecule has 0 saturated carbocycles. The summed E-state index contributed by atoms with van der Waals surface area (Å²) in [4.78, 5) is 46.1. The van der Waals surface area contributed by atoms with Crippen LogP contribution in [0.25, 0.3) is 0 Å². The molecule has 0 fully saturated rings. The number of unbranched alkanes of at least 4 members (excludes halogenated alkanes) is 33. The number of rotatable bonds is 47. The highest BCUT2D eigenvalue weighted by molar-refractivity contribution is 7.47. The van der Waals surface area contributed by atoms with Crippen molar-refractivity contribution in [3.63, 3.8) is 0 Å². The zero-order valence-electron chi connectivity index (χ0n) is 38.1. The van der Waals surface area contributed by atoms with Gasteiger partial charge in [0.1, 0.15) is 12.6 Å². The van der Waals surface area contributed by atoms with E-state index in [1.807, 2.05) is 0 Å². The highest BCUT2D eigenvalue weighted by Crippen LogP contribution is 2.43. The fourth-order valence-electron chi connectivity index (χ4n) is 7.24. The number of hydrogen-bond acceptors (Lipinski definition) is 9. The molecule has 4 N–H and O–H groups in total. The first-order chi connectivity index (χ1) is 28.6. The highest BCUT2D eigenvalue weighted by atomic mass is 31.2. The van der Waals surface area contributed by atoms with Crippen LogP contribution in [0.2, 0.25) is 0 Å². The van der Waals surface area contributed by atoms with E-state index in [2.05, 4.69) is 18.4 Å². The van der Waals surface area contributed by atoms with Gasteiger partial charge >= 0.3 is 25.7 Å². The highest BCUT2D eigenvalue weighted by Gasteiger charge is 2.28. The Morgan fingerprint density at radius 2 is 0.746 bits per heavy atom. The number of nitrogens with two attached hydrogens (primary N) is 1. The SMILES string of the molecule is CCCCCCCCCCCCCCCCCCCCC(=O)OC[C@H](COP(=O)(O)OC[C@H](N)C(=O)O)OC(=O)CCCCCCCCCCCCCCCCCCC. The lowest BCUT2D eigenvalue weighted by molar-refractivity contribution is -0.161. The Bertz CT molecular complexity index is 1020. The van der Waals surface area contributed by atoms with Gasteiger partial charge in [0.05, 0.1) is 13.2 Å². The lowest BCUT2D eigenvalue weighted by atomic mass is 10.0. The van der Waals surface area contributed by atoms with Gasteiger partial charge in [0.25, 0.3) is 0 Å². The summed E-state index contributed by atoms with van der Waals surface area (Å²) < 4.78 is 32.8. The third-order valence-corrected chi connectivity index (χ3v) is 12.1. The first-order valence-electron chi connectivity index (χ1n) is 24.6. The molecule has 0 amide bonds. The van der Waals surface area contributed by atoms with Crippen molar-refractivity contribution in [2.45, 2.75) is 264 Å². The molecule has 1 unspecified atom stereocenters. The number of hydrogen-bond donors (Lipinski definition) is 3. The van der Waals surface area contributed by atoms with Crippen molar-refractivity contribution in [3.05, 3.63) is 0 Å². The summed E-state index contributed by atoms with van der Waals surface area (Å²) in [6, 6.07) is -1.52. The third-order valence-electron chi connectivity index (χ3n) is 11.1. The van der Waals surface area contributed by atoms with Crippen LogP contribution >= 0.6 is 7.82 Å². The molecule has 0 saturated heterocycles. The van der Waals surface area contributed by atoms with Crippen molar-refractivity contribution >= 4 is 25.7 Å². The molecule has 59 heavy (non-hydrogen) atoms. The van der Waals surface area contributed by atoms with Crippen molar-refractivity contribution in [3.8, 4) is 0 Å². The van der Waals surface area contributed by atoms with Crippen molar-refractivity contribution in [1.29, 1.82) is 0 Å². The van der Waals surface area contributed by atoms with Gasteiger partial charge in [0, 0.05) is 12.8 Å². The average Bonchev–Trinajstić information content (AvgIpc) is 3.21. The van der Waals surface area contributed by atoms with Gasteiger partial charge in [-0.05, 0) is 12.8 Å². The predicted octanol–water partition coefficient (Wildman–Crippen LogP) is 13.5. The first-order valence-corrected chi connectivity index (χ1v) is 26.1. The maximum absolute atomic E-state index is 12.7. The van der Waals surface area contributed by atoms with Gasteiger partial charge in [0.15, 0.2) is 6.10 Å². The van der Waals surface area contributed by atoms with Crippen molar-refractivity contribution in [1.82, 2.24) is 0 Å². The molecule has 350 valence electrons. The predicted molar refractivity (Wildman–Crippen MR) is 240 cm³/mol. The molecule has 11 nitrogen and oxygen atoms in total. The second kappa shape index (κ2) is 43.1. The molecule has 0 radical (unpaired) electrons. The average molecular weight is 862 g/mol. The topological polar surface area (TPSA) is 172 Å². The first kappa shape index (κ1) is 57.5. The second-order valence-electron chi connectivity index (χ2n) is 17.0. The van der Waals surface area contributed by atoms with E-state index in [1.54, 1.807) is 0 Å². The molecule has 0 aliphatic heterocycles. The number of phosphoric ester groups is 1. The lowest BCUT2D eigenvalue weighted by Gasteiger charge is -2.20. The fraction of sp³-hybridized carbons (Fsp3) is 0.936. The quantitative estimate of drug-likeness (QED) is 0.0302. The molecule has 0 aliphatic rings. The van der Waals surface area contributed by atoms with E-state index >= 15 is 0 Å². The van der Waals surface area contributed by atoms with Crippen LogP contribution in [-0.2, 0) is 37.5 Å². The molecule has 12 heteroatoms. The van der Waals surface area contributed by atoms with Gasteiger partial charge in [-0.25, -0.2) is 4.57 Å². The van der Waals surface area contributed by atoms with Crippen LogP contribution in [0.5, 0.6) is 0 Å². The molecule has 0 aromatic rings. The normalized spacial score (nSPS) is 13.6. The van der Waals surface area contributed by atoms with Gasteiger partial charge in [-0.1, -0.05) is 226 Å². The number of esters is 2. The molecule has 0 aliphatic carbocycles. The molecule has 3 atom stereocenters. The lowest BCUT2D eigenvalue weighted by Crippen LogP contribution is -2.34. The Kier molecular flexibility index (Phi) is 42.0. The summed E-state index contributed by atoms with van der Waals surface area (Å²) in [6.45, 7) is 2.86. The van der Waals surface area contributed by atoms with Crippen molar-refractivity contribution in [2.24, 2.45) is 5.73 Å². The zero-order chi connectivity index (χ0) is 43.5. The van der Waals surface area contributed by atoms with Crippen LogP contribution in [0.4, 0.5) is 0 Å². The van der Waals surface area contributed by atoms with E-state index in [9.17, 15) is 23.8 Å². The van der Waals surface area contributed by atoms with Crippen LogP contribution in [0, 0.1) is 0 Å². The molecule has 0 aromatic carbocycles. The second-order valence-corrected chi connectivity index (χ2v) is 18.4. The minimum Gasteiger partial charge on any atom is -0.480 e. The van der Waals surface area contributed by atoms with Gasteiger partial charge < -0.3 is 25.2 Å². The maximum Gasteiger partial charge on any atom is 0.472 e. The van der Waals surface area contributed by atoms with E-state index < -0.39 is 51.1 Å². The van der Waals surface area contributed by atoms with E-state index in [0.29, 0.717) is 12.8 Å². The molecular formula is C47H92NO10P. The smallest absolute Gasteiger partial charge is 0.472 e. The van der Waals surface area contributed by atoms with E-state index in [4.69, 9.17) is 24.8 Å². The number of ether oxygens (including phenoxy) is 2. The Labute approximate surface area is 361 Å². The minimum atomic E-state index is -4.71. The van der Waals surface area contributed by atoms with Crippen molar-refractivity contribution < 1.29 is 47.5 Å². The zero-order valence-corrected chi connectivity index (χ0v) is 39.0. The van der Waals surface area contributed by atoms with Crippen LogP contribution in [0.1, 0.15) is 251 Å². The number of carbonyl (C=O) groups is 3. The number of carboxylic acids is 1. The summed E-state index contributed by atoms with van der Waals surface area (Å²) in [5.41, 5.74) is 5.35.